The Morgan fingerprint density at radius 2 is 1.91 bits per heavy atom. The molecule has 6 nitrogen and oxygen atoms in total. The summed E-state index contributed by atoms with van der Waals surface area (Å²) >= 11 is 0. The minimum Gasteiger partial charge on any atom is -0.478 e. The van der Waals surface area contributed by atoms with E-state index in [1.807, 2.05) is 0 Å². The average molecular weight is 311 g/mol. The second-order valence-electron chi connectivity index (χ2n) is 5.13. The first-order valence-electron chi connectivity index (χ1n) is 6.97. The SMILES string of the molecule is O=C(O)c1cccc(NC(=O)C2Cc3ccccc3C(=O)O2)c1. The van der Waals surface area contributed by atoms with Crippen LogP contribution < -0.4 is 5.32 Å². The van der Waals surface area contributed by atoms with Crippen LogP contribution in [0.15, 0.2) is 48.5 Å². The Hall–Kier alpha value is -3.15. The van der Waals surface area contributed by atoms with Crippen LogP contribution in [0.3, 0.4) is 0 Å². The van der Waals surface area contributed by atoms with Crippen LogP contribution in [-0.4, -0.2) is 29.1 Å². The van der Waals surface area contributed by atoms with E-state index in [4.69, 9.17) is 9.84 Å². The molecule has 2 N–H and O–H groups in total. The smallest absolute Gasteiger partial charge is 0.339 e. The van der Waals surface area contributed by atoms with Crippen molar-refractivity contribution in [3.8, 4) is 0 Å². The van der Waals surface area contributed by atoms with Crippen molar-refractivity contribution < 1.29 is 24.2 Å². The lowest BCUT2D eigenvalue weighted by atomic mass is 9.98. The molecular weight excluding hydrogens is 298 g/mol. The Morgan fingerprint density at radius 3 is 2.70 bits per heavy atom. The number of carbonyl (C=O) groups is 3. The number of amides is 1. The van der Waals surface area contributed by atoms with Gasteiger partial charge in [0.15, 0.2) is 6.10 Å². The van der Waals surface area contributed by atoms with Crippen molar-refractivity contribution >= 4 is 23.5 Å². The first-order chi connectivity index (χ1) is 11.0. The number of benzene rings is 2. The van der Waals surface area contributed by atoms with E-state index < -0.39 is 23.9 Å². The number of cyclic esters (lactones) is 1. The Bertz CT molecular complexity index is 799. The van der Waals surface area contributed by atoms with Crippen LogP contribution in [-0.2, 0) is 16.0 Å². The lowest BCUT2D eigenvalue weighted by Gasteiger charge is -2.23. The second kappa shape index (κ2) is 5.92. The van der Waals surface area contributed by atoms with Crippen LogP contribution in [0.25, 0.3) is 0 Å². The van der Waals surface area contributed by atoms with Gasteiger partial charge in [0.25, 0.3) is 5.91 Å². The molecule has 2 aromatic rings. The molecule has 0 aromatic heterocycles. The molecule has 1 aliphatic heterocycles. The molecule has 1 heterocycles. The van der Waals surface area contributed by atoms with Crippen molar-refractivity contribution in [2.24, 2.45) is 0 Å². The zero-order valence-corrected chi connectivity index (χ0v) is 12.0. The molecule has 3 rings (SSSR count). The number of rotatable bonds is 3. The number of nitrogens with one attached hydrogen (secondary N) is 1. The third kappa shape index (κ3) is 3.06. The van der Waals surface area contributed by atoms with Crippen LogP contribution in [0.2, 0.25) is 0 Å². The van der Waals surface area contributed by atoms with Crippen LogP contribution in [0.5, 0.6) is 0 Å². The molecule has 0 saturated heterocycles. The molecule has 0 saturated carbocycles. The summed E-state index contributed by atoms with van der Waals surface area (Å²) in [5.41, 5.74) is 1.62. The summed E-state index contributed by atoms with van der Waals surface area (Å²) < 4.78 is 5.16. The lowest BCUT2D eigenvalue weighted by molar-refractivity contribution is -0.125. The van der Waals surface area contributed by atoms with Gasteiger partial charge in [-0.2, -0.15) is 0 Å². The van der Waals surface area contributed by atoms with Crippen molar-refractivity contribution in [1.82, 2.24) is 0 Å². The van der Waals surface area contributed by atoms with Gasteiger partial charge in [0, 0.05) is 12.1 Å². The predicted octanol–water partition coefficient (Wildman–Crippen LogP) is 2.10. The zero-order valence-electron chi connectivity index (χ0n) is 12.0. The molecule has 23 heavy (non-hydrogen) atoms. The fourth-order valence-corrected chi connectivity index (χ4v) is 2.43. The number of ether oxygens (including phenoxy) is 1. The summed E-state index contributed by atoms with van der Waals surface area (Å²) in [4.78, 5) is 35.1. The molecular formula is C17H13NO5. The first-order valence-corrected chi connectivity index (χ1v) is 6.97. The number of anilines is 1. The molecule has 6 heteroatoms. The summed E-state index contributed by atoms with van der Waals surface area (Å²) in [7, 11) is 0. The minimum absolute atomic E-state index is 0.0637. The Morgan fingerprint density at radius 1 is 1.13 bits per heavy atom. The molecule has 0 aliphatic carbocycles. The van der Waals surface area contributed by atoms with Gasteiger partial charge in [0.05, 0.1) is 11.1 Å². The summed E-state index contributed by atoms with van der Waals surface area (Å²) in [5.74, 6) is -2.11. The highest BCUT2D eigenvalue weighted by Crippen LogP contribution is 2.21. The standard InChI is InChI=1S/C17H13NO5/c19-15(18-12-6-3-5-11(8-12)16(20)21)14-9-10-4-1-2-7-13(10)17(22)23-14/h1-8,14H,9H2,(H,18,19)(H,20,21). The predicted molar refractivity (Wildman–Crippen MR) is 81.4 cm³/mol. The third-order valence-electron chi connectivity index (χ3n) is 3.56. The number of carboxylic acids is 1. The summed E-state index contributed by atoms with van der Waals surface area (Å²) in [6.07, 6.45) is -0.655. The number of hydrogen-bond acceptors (Lipinski definition) is 4. The number of carbonyl (C=O) groups excluding carboxylic acids is 2. The van der Waals surface area contributed by atoms with Crippen LogP contribution in [0, 0.1) is 0 Å². The Kier molecular flexibility index (Phi) is 3.80. The lowest BCUT2D eigenvalue weighted by Crippen LogP contribution is -2.38. The van der Waals surface area contributed by atoms with Gasteiger partial charge in [0.2, 0.25) is 0 Å². The van der Waals surface area contributed by atoms with E-state index in [1.165, 1.54) is 18.2 Å². The number of esters is 1. The molecule has 116 valence electrons. The molecule has 0 bridgehead atoms. The molecule has 2 aromatic carbocycles. The highest BCUT2D eigenvalue weighted by Gasteiger charge is 2.31. The maximum Gasteiger partial charge on any atom is 0.339 e. The van der Waals surface area contributed by atoms with E-state index in [0.29, 0.717) is 11.3 Å². The quantitative estimate of drug-likeness (QED) is 0.847. The van der Waals surface area contributed by atoms with E-state index in [-0.39, 0.29) is 12.0 Å². The van der Waals surface area contributed by atoms with Crippen molar-refractivity contribution in [3.63, 3.8) is 0 Å². The van der Waals surface area contributed by atoms with E-state index >= 15 is 0 Å². The number of hydrogen-bond donors (Lipinski definition) is 2. The first kappa shape index (κ1) is 14.8. The Balaban J connectivity index is 1.76. The van der Waals surface area contributed by atoms with Gasteiger partial charge >= 0.3 is 11.9 Å². The molecule has 0 radical (unpaired) electrons. The average Bonchev–Trinajstić information content (AvgIpc) is 2.55. The maximum atomic E-state index is 12.3. The maximum absolute atomic E-state index is 12.3. The topological polar surface area (TPSA) is 92.7 Å². The largest absolute Gasteiger partial charge is 0.478 e. The van der Waals surface area contributed by atoms with Crippen molar-refractivity contribution in [2.75, 3.05) is 5.32 Å². The molecule has 1 unspecified atom stereocenters. The molecule has 0 spiro atoms. The summed E-state index contributed by atoms with van der Waals surface area (Å²) in [6.45, 7) is 0. The van der Waals surface area contributed by atoms with Crippen molar-refractivity contribution in [1.29, 1.82) is 0 Å². The van der Waals surface area contributed by atoms with Gasteiger partial charge in [-0.3, -0.25) is 4.79 Å². The number of aromatic carboxylic acids is 1. The fourth-order valence-electron chi connectivity index (χ4n) is 2.43. The molecule has 1 atom stereocenters. The fraction of sp³-hybridized carbons (Fsp3) is 0.118. The van der Waals surface area contributed by atoms with E-state index in [0.717, 1.165) is 5.56 Å². The molecule has 0 fully saturated rings. The summed E-state index contributed by atoms with van der Waals surface area (Å²) in [6, 6.07) is 12.8. The monoisotopic (exact) mass is 311 g/mol. The van der Waals surface area contributed by atoms with Gasteiger partial charge in [-0.25, -0.2) is 9.59 Å². The van der Waals surface area contributed by atoms with Crippen molar-refractivity contribution in [2.45, 2.75) is 12.5 Å². The normalized spacial score (nSPS) is 16.2. The van der Waals surface area contributed by atoms with E-state index in [9.17, 15) is 14.4 Å². The van der Waals surface area contributed by atoms with Gasteiger partial charge in [-0.1, -0.05) is 24.3 Å². The van der Waals surface area contributed by atoms with Gasteiger partial charge < -0.3 is 15.2 Å². The van der Waals surface area contributed by atoms with Crippen molar-refractivity contribution in [3.05, 3.63) is 65.2 Å². The highest BCUT2D eigenvalue weighted by molar-refractivity contribution is 6.00. The molecule has 1 aliphatic rings. The van der Waals surface area contributed by atoms with E-state index in [2.05, 4.69) is 5.32 Å². The molecule has 1 amide bonds. The van der Waals surface area contributed by atoms with Crippen LogP contribution in [0.4, 0.5) is 5.69 Å². The Labute approximate surface area is 131 Å². The highest BCUT2D eigenvalue weighted by atomic mass is 16.5. The van der Waals surface area contributed by atoms with E-state index in [1.54, 1.807) is 30.3 Å². The third-order valence-corrected chi connectivity index (χ3v) is 3.56. The summed E-state index contributed by atoms with van der Waals surface area (Å²) in [5, 5.41) is 11.5. The number of carboxylic acid groups (broad SMARTS) is 1. The van der Waals surface area contributed by atoms with Gasteiger partial charge in [-0.15, -0.1) is 0 Å². The zero-order chi connectivity index (χ0) is 16.4. The number of fused-ring (bicyclic) bond motifs is 1. The van der Waals surface area contributed by atoms with Crippen LogP contribution in [0.1, 0.15) is 26.3 Å². The second-order valence-corrected chi connectivity index (χ2v) is 5.13. The van der Waals surface area contributed by atoms with Gasteiger partial charge in [-0.05, 0) is 29.8 Å². The minimum atomic E-state index is -1.08. The van der Waals surface area contributed by atoms with Crippen LogP contribution >= 0.6 is 0 Å². The van der Waals surface area contributed by atoms with Gasteiger partial charge in [0.1, 0.15) is 0 Å².